The Kier molecular flexibility index (Phi) is 6.61. The van der Waals surface area contributed by atoms with Gasteiger partial charge in [-0.2, -0.15) is 0 Å². The van der Waals surface area contributed by atoms with Gasteiger partial charge in [0.25, 0.3) is 5.69 Å². The second kappa shape index (κ2) is 9.33. The van der Waals surface area contributed by atoms with Gasteiger partial charge in [-0.15, -0.1) is 0 Å². The molecule has 0 radical (unpaired) electrons. The maximum absolute atomic E-state index is 12.7. The number of amides is 1. The molecule has 0 saturated carbocycles. The zero-order valence-corrected chi connectivity index (χ0v) is 16.5. The highest BCUT2D eigenvalue weighted by molar-refractivity contribution is 5.95. The van der Waals surface area contributed by atoms with Gasteiger partial charge in [-0.25, -0.2) is 4.98 Å². The van der Waals surface area contributed by atoms with E-state index in [1.807, 2.05) is 38.1 Å². The van der Waals surface area contributed by atoms with E-state index in [1.165, 1.54) is 12.3 Å². The molecule has 2 N–H and O–H groups in total. The van der Waals surface area contributed by atoms with Crippen molar-refractivity contribution >= 4 is 23.1 Å². The Morgan fingerprint density at radius 3 is 2.86 bits per heavy atom. The van der Waals surface area contributed by atoms with Crippen molar-refractivity contribution in [2.45, 2.75) is 32.4 Å². The number of pyridine rings is 1. The zero-order chi connectivity index (χ0) is 20.8. The fraction of sp³-hybridized carbons (Fsp3) is 0.400. The summed E-state index contributed by atoms with van der Waals surface area (Å²) >= 11 is 0. The van der Waals surface area contributed by atoms with Crippen molar-refractivity contribution in [1.29, 1.82) is 0 Å². The number of likely N-dealkylation sites (tertiary alicyclic amines) is 1. The molecule has 2 aromatic rings. The van der Waals surface area contributed by atoms with Crippen LogP contribution in [0.4, 0.5) is 17.2 Å². The molecule has 0 spiro atoms. The molecule has 3 rings (SSSR count). The van der Waals surface area contributed by atoms with Crippen LogP contribution in [0, 0.1) is 10.1 Å². The summed E-state index contributed by atoms with van der Waals surface area (Å²) in [7, 11) is 0. The Bertz CT molecular complexity index is 858. The highest BCUT2D eigenvalue weighted by Gasteiger charge is 2.30. The normalized spacial score (nSPS) is 17.5. The number of nitrogens with one attached hydrogen (secondary N) is 2. The number of nitrogens with zero attached hydrogens (tertiary/aromatic N) is 3. The number of ether oxygens (including phenoxy) is 1. The zero-order valence-electron chi connectivity index (χ0n) is 16.5. The molecule has 2 atom stereocenters. The predicted molar refractivity (Wildman–Crippen MR) is 110 cm³/mol. The minimum atomic E-state index is -0.474. The van der Waals surface area contributed by atoms with Crippen molar-refractivity contribution in [2.24, 2.45) is 0 Å². The van der Waals surface area contributed by atoms with Gasteiger partial charge in [0.1, 0.15) is 17.8 Å². The second-order valence-corrected chi connectivity index (χ2v) is 6.88. The van der Waals surface area contributed by atoms with Crippen LogP contribution in [0.15, 0.2) is 42.6 Å². The molecule has 154 valence electrons. The number of carbonyl (C=O) groups excluding carboxylic acids is 1. The third kappa shape index (κ3) is 5.20. The molecule has 2 unspecified atom stereocenters. The number of benzene rings is 1. The van der Waals surface area contributed by atoms with Crippen molar-refractivity contribution in [3.8, 4) is 5.75 Å². The number of hydrogen-bond acceptors (Lipinski definition) is 7. The molecular weight excluding hydrogens is 374 g/mol. The summed E-state index contributed by atoms with van der Waals surface area (Å²) in [4.78, 5) is 29.1. The van der Waals surface area contributed by atoms with E-state index in [0.717, 1.165) is 13.0 Å². The van der Waals surface area contributed by atoms with Crippen molar-refractivity contribution < 1.29 is 14.5 Å². The Morgan fingerprint density at radius 1 is 1.38 bits per heavy atom. The monoisotopic (exact) mass is 399 g/mol. The molecule has 1 aromatic heterocycles. The first kappa shape index (κ1) is 20.5. The second-order valence-electron chi connectivity index (χ2n) is 6.88. The lowest BCUT2D eigenvalue weighted by molar-refractivity contribution is -0.385. The summed E-state index contributed by atoms with van der Waals surface area (Å²) < 4.78 is 5.56. The van der Waals surface area contributed by atoms with E-state index in [2.05, 4.69) is 20.5 Å². The van der Waals surface area contributed by atoms with Gasteiger partial charge in [0.15, 0.2) is 0 Å². The number of rotatable bonds is 8. The van der Waals surface area contributed by atoms with Crippen LogP contribution in [-0.4, -0.2) is 52.5 Å². The van der Waals surface area contributed by atoms with Crippen molar-refractivity contribution in [3.05, 3.63) is 52.7 Å². The molecule has 0 aliphatic carbocycles. The van der Waals surface area contributed by atoms with Crippen molar-refractivity contribution in [1.82, 2.24) is 9.88 Å². The first-order valence-corrected chi connectivity index (χ1v) is 9.61. The fourth-order valence-corrected chi connectivity index (χ4v) is 3.30. The van der Waals surface area contributed by atoms with Gasteiger partial charge >= 0.3 is 0 Å². The molecule has 1 aliphatic rings. The van der Waals surface area contributed by atoms with Crippen LogP contribution in [0.5, 0.6) is 5.75 Å². The minimum absolute atomic E-state index is 0.0405. The van der Waals surface area contributed by atoms with Gasteiger partial charge in [-0.3, -0.25) is 19.8 Å². The third-order valence-electron chi connectivity index (χ3n) is 4.90. The molecule has 29 heavy (non-hydrogen) atoms. The van der Waals surface area contributed by atoms with Gasteiger partial charge in [0.2, 0.25) is 5.91 Å². The van der Waals surface area contributed by atoms with E-state index in [-0.39, 0.29) is 23.7 Å². The molecule has 1 amide bonds. The Morgan fingerprint density at radius 2 is 2.17 bits per heavy atom. The molecule has 1 aromatic carbocycles. The van der Waals surface area contributed by atoms with E-state index in [0.29, 0.717) is 30.4 Å². The molecule has 9 nitrogen and oxygen atoms in total. The van der Waals surface area contributed by atoms with Crippen LogP contribution in [0.2, 0.25) is 0 Å². The standard InChI is InChI=1S/C20H25N5O4/c1-3-29-18-7-5-4-6-17(18)23-20(26)14(2)24-11-10-15(13-24)22-19-9-8-16(12-21-19)25(27)28/h4-9,12,14-15H,3,10-11,13H2,1-2H3,(H,21,22)(H,23,26). The Balaban J connectivity index is 1.55. The number of nitro groups is 1. The molecule has 1 aliphatic heterocycles. The molecule has 1 saturated heterocycles. The highest BCUT2D eigenvalue weighted by Crippen LogP contribution is 2.25. The summed E-state index contributed by atoms with van der Waals surface area (Å²) in [5.74, 6) is 1.15. The summed E-state index contributed by atoms with van der Waals surface area (Å²) in [5.41, 5.74) is 0.622. The van der Waals surface area contributed by atoms with Crippen molar-refractivity contribution in [2.75, 3.05) is 30.3 Å². The number of hydrogen-bond donors (Lipinski definition) is 2. The number of anilines is 2. The lowest BCUT2D eigenvalue weighted by Crippen LogP contribution is -2.41. The van der Waals surface area contributed by atoms with Crippen LogP contribution >= 0.6 is 0 Å². The van der Waals surface area contributed by atoms with Crippen LogP contribution < -0.4 is 15.4 Å². The third-order valence-corrected chi connectivity index (χ3v) is 4.90. The molecule has 2 heterocycles. The number of carbonyl (C=O) groups is 1. The summed E-state index contributed by atoms with van der Waals surface area (Å²) in [5, 5.41) is 17.0. The van der Waals surface area contributed by atoms with E-state index in [9.17, 15) is 14.9 Å². The maximum atomic E-state index is 12.7. The minimum Gasteiger partial charge on any atom is -0.492 e. The van der Waals surface area contributed by atoms with Gasteiger partial charge in [-0.1, -0.05) is 12.1 Å². The SMILES string of the molecule is CCOc1ccccc1NC(=O)C(C)N1CCC(Nc2ccc([N+](=O)[O-])cn2)C1. The van der Waals surface area contributed by atoms with Crippen LogP contribution in [-0.2, 0) is 4.79 Å². The van der Waals surface area contributed by atoms with Gasteiger partial charge in [0.05, 0.1) is 23.3 Å². The first-order valence-electron chi connectivity index (χ1n) is 9.61. The summed E-state index contributed by atoms with van der Waals surface area (Å²) in [6.07, 6.45) is 2.09. The molecule has 9 heteroatoms. The van der Waals surface area contributed by atoms with Crippen molar-refractivity contribution in [3.63, 3.8) is 0 Å². The van der Waals surface area contributed by atoms with Crippen LogP contribution in [0.3, 0.4) is 0 Å². The van der Waals surface area contributed by atoms with Crippen LogP contribution in [0.1, 0.15) is 20.3 Å². The number of para-hydroxylation sites is 2. The quantitative estimate of drug-likeness (QED) is 0.519. The van der Waals surface area contributed by atoms with Gasteiger partial charge in [-0.05, 0) is 38.5 Å². The van der Waals surface area contributed by atoms with E-state index in [4.69, 9.17) is 4.74 Å². The largest absolute Gasteiger partial charge is 0.492 e. The highest BCUT2D eigenvalue weighted by atomic mass is 16.6. The smallest absolute Gasteiger partial charge is 0.287 e. The molecule has 0 bridgehead atoms. The first-order chi connectivity index (χ1) is 14.0. The number of aromatic nitrogens is 1. The molecular formula is C20H25N5O4. The topological polar surface area (TPSA) is 110 Å². The van der Waals surface area contributed by atoms with E-state index in [1.54, 1.807) is 6.07 Å². The van der Waals surface area contributed by atoms with E-state index >= 15 is 0 Å². The van der Waals surface area contributed by atoms with Crippen LogP contribution in [0.25, 0.3) is 0 Å². The predicted octanol–water partition coefficient (Wildman–Crippen LogP) is 2.90. The average Bonchev–Trinajstić information content (AvgIpc) is 3.18. The average molecular weight is 399 g/mol. The molecule has 1 fully saturated rings. The van der Waals surface area contributed by atoms with E-state index < -0.39 is 4.92 Å². The Hall–Kier alpha value is -3.20. The van der Waals surface area contributed by atoms with Gasteiger partial charge < -0.3 is 15.4 Å². The van der Waals surface area contributed by atoms with Gasteiger partial charge in [0, 0.05) is 25.2 Å². The summed E-state index contributed by atoms with van der Waals surface area (Å²) in [6, 6.07) is 10.2. The fourth-order valence-electron chi connectivity index (χ4n) is 3.30. The Labute approximate surface area is 169 Å². The maximum Gasteiger partial charge on any atom is 0.287 e. The summed E-state index contributed by atoms with van der Waals surface area (Å²) in [6.45, 7) is 5.76. The lowest BCUT2D eigenvalue weighted by atomic mass is 10.2. The lowest BCUT2D eigenvalue weighted by Gasteiger charge is -2.24.